The Morgan fingerprint density at radius 2 is 1.12 bits per heavy atom. The summed E-state index contributed by atoms with van der Waals surface area (Å²) in [6.07, 6.45) is -2.54. The minimum absolute atomic E-state index is 0.0468. The van der Waals surface area contributed by atoms with Gasteiger partial charge in [0.25, 0.3) is 0 Å². The molecule has 32 heavy (non-hydrogen) atoms. The predicted octanol–water partition coefficient (Wildman–Crippen LogP) is 8.20. The molecule has 0 radical (unpaired) electrons. The molecule has 0 heterocycles. The highest BCUT2D eigenvalue weighted by Crippen LogP contribution is 2.52. The zero-order valence-electron chi connectivity index (χ0n) is 22.6. The molecular formula is C28H44NOPS. The standard InChI is InChI=1S/C28H44NOPS/c1-18-14-19(2)25(20(3)15-18)31(32,30-13)29-24-22(27(7,8)9)16-21(26(4,5)6)17-23(24)28(10,11)12/h14-17H,1-13H3,(H,29,32)/t31-/m1/s1. The second-order valence-electron chi connectivity index (χ2n) is 12.3. The average Bonchev–Trinajstić information content (AvgIpc) is 2.57. The van der Waals surface area contributed by atoms with Crippen LogP contribution in [0.4, 0.5) is 5.69 Å². The molecule has 0 aliphatic carbocycles. The van der Waals surface area contributed by atoms with Crippen molar-refractivity contribution in [2.45, 2.75) is 99.3 Å². The number of nitrogens with one attached hydrogen (secondary N) is 1. The van der Waals surface area contributed by atoms with E-state index in [0.29, 0.717) is 0 Å². The van der Waals surface area contributed by atoms with Crippen molar-refractivity contribution in [2.75, 3.05) is 12.2 Å². The topological polar surface area (TPSA) is 21.3 Å². The summed E-state index contributed by atoms with van der Waals surface area (Å²) >= 11 is 6.32. The SMILES string of the molecule is CO[P@](=S)(Nc1c(C(C)(C)C)cc(C(C)(C)C)cc1C(C)(C)C)c1c(C)cc(C)cc1C. The molecule has 0 saturated carbocycles. The molecule has 0 amide bonds. The van der Waals surface area contributed by atoms with Crippen molar-refractivity contribution >= 4 is 29.2 Å². The number of aryl methyl sites for hydroxylation is 3. The van der Waals surface area contributed by atoms with Crippen molar-refractivity contribution in [3.8, 4) is 0 Å². The van der Waals surface area contributed by atoms with Gasteiger partial charge in [0.15, 0.2) is 6.42 Å². The molecule has 2 aromatic rings. The van der Waals surface area contributed by atoms with Gasteiger partial charge in [-0.25, -0.2) is 0 Å². The van der Waals surface area contributed by atoms with Crippen LogP contribution in [-0.2, 0) is 32.6 Å². The van der Waals surface area contributed by atoms with E-state index in [4.69, 9.17) is 16.3 Å². The highest BCUT2D eigenvalue weighted by atomic mass is 32.4. The third kappa shape index (κ3) is 5.66. The van der Waals surface area contributed by atoms with E-state index in [-0.39, 0.29) is 16.2 Å². The molecule has 0 aliphatic rings. The molecule has 0 aliphatic heterocycles. The van der Waals surface area contributed by atoms with Gasteiger partial charge < -0.3 is 9.61 Å². The second-order valence-corrected chi connectivity index (χ2v) is 16.0. The van der Waals surface area contributed by atoms with E-state index in [9.17, 15) is 0 Å². The molecule has 0 unspecified atom stereocenters. The van der Waals surface area contributed by atoms with Gasteiger partial charge in [-0.3, -0.25) is 0 Å². The maximum atomic E-state index is 6.32. The molecule has 0 aromatic heterocycles. The molecule has 2 aromatic carbocycles. The van der Waals surface area contributed by atoms with E-state index in [1.807, 2.05) is 0 Å². The normalized spacial score (nSPS) is 14.9. The quantitative estimate of drug-likeness (QED) is 0.452. The highest BCUT2D eigenvalue weighted by molar-refractivity contribution is 8.16. The first-order chi connectivity index (χ1) is 14.3. The Morgan fingerprint density at radius 1 is 0.719 bits per heavy atom. The van der Waals surface area contributed by atoms with Crippen LogP contribution in [0, 0.1) is 20.8 Å². The molecule has 178 valence electrons. The number of hydrogen-bond donors (Lipinski definition) is 1. The number of anilines is 1. The van der Waals surface area contributed by atoms with Crippen LogP contribution in [0.2, 0.25) is 0 Å². The molecule has 0 spiro atoms. The van der Waals surface area contributed by atoms with Gasteiger partial charge in [0.2, 0.25) is 0 Å². The lowest BCUT2D eigenvalue weighted by molar-refractivity contribution is 0.468. The maximum absolute atomic E-state index is 6.32. The largest absolute Gasteiger partial charge is 0.334 e. The van der Waals surface area contributed by atoms with Crippen LogP contribution in [0.1, 0.15) is 95.7 Å². The molecule has 0 saturated heterocycles. The maximum Gasteiger partial charge on any atom is 0.183 e. The Kier molecular flexibility index (Phi) is 7.53. The zero-order chi connectivity index (χ0) is 24.9. The van der Waals surface area contributed by atoms with E-state index >= 15 is 0 Å². The van der Waals surface area contributed by atoms with Gasteiger partial charge in [0, 0.05) is 18.1 Å². The molecular weight excluding hydrogens is 429 g/mol. The van der Waals surface area contributed by atoms with Crippen LogP contribution in [0.25, 0.3) is 0 Å². The minimum Gasteiger partial charge on any atom is -0.334 e. The van der Waals surface area contributed by atoms with Crippen LogP contribution in [0.15, 0.2) is 24.3 Å². The van der Waals surface area contributed by atoms with Gasteiger partial charge in [0.05, 0.1) is 0 Å². The van der Waals surface area contributed by atoms with Gasteiger partial charge in [0.1, 0.15) is 0 Å². The lowest BCUT2D eigenvalue weighted by atomic mass is 9.74. The first kappa shape index (κ1) is 27.1. The Bertz CT molecular complexity index is 991. The lowest BCUT2D eigenvalue weighted by Crippen LogP contribution is -2.26. The zero-order valence-corrected chi connectivity index (χ0v) is 24.3. The van der Waals surface area contributed by atoms with Crippen molar-refractivity contribution in [3.05, 3.63) is 57.6 Å². The Balaban J connectivity index is 2.91. The lowest BCUT2D eigenvalue weighted by Gasteiger charge is -2.36. The summed E-state index contributed by atoms with van der Waals surface area (Å²) in [7, 11) is 1.75. The van der Waals surface area contributed by atoms with Gasteiger partial charge in [-0.15, -0.1) is 0 Å². The minimum atomic E-state index is -2.54. The molecule has 2 rings (SSSR count). The number of rotatable bonds is 4. The van der Waals surface area contributed by atoms with E-state index in [1.165, 1.54) is 33.4 Å². The molecule has 0 fully saturated rings. The van der Waals surface area contributed by atoms with Crippen LogP contribution in [-0.4, -0.2) is 7.11 Å². The third-order valence-corrected chi connectivity index (χ3v) is 9.66. The summed E-state index contributed by atoms with van der Waals surface area (Å²) < 4.78 is 6.18. The Labute approximate surface area is 202 Å². The van der Waals surface area contributed by atoms with Crippen LogP contribution in [0.5, 0.6) is 0 Å². The van der Waals surface area contributed by atoms with E-state index < -0.39 is 6.42 Å². The Hall–Kier alpha value is -1.15. The van der Waals surface area contributed by atoms with Crippen LogP contribution >= 0.6 is 6.42 Å². The Morgan fingerprint density at radius 3 is 1.44 bits per heavy atom. The number of benzene rings is 2. The molecule has 1 N–H and O–H groups in total. The third-order valence-electron chi connectivity index (χ3n) is 6.07. The smallest absolute Gasteiger partial charge is 0.183 e. The van der Waals surface area contributed by atoms with Gasteiger partial charge in [-0.05, 0) is 76.6 Å². The average molecular weight is 474 g/mol. The molecule has 4 heteroatoms. The number of hydrogen-bond acceptors (Lipinski definition) is 2. The second kappa shape index (κ2) is 8.90. The first-order valence-electron chi connectivity index (χ1n) is 11.5. The summed E-state index contributed by atoms with van der Waals surface area (Å²) in [5.41, 5.74) is 8.69. The molecule has 0 bridgehead atoms. The fourth-order valence-corrected chi connectivity index (χ4v) is 7.47. The molecule has 1 atom stereocenters. The summed E-state index contributed by atoms with van der Waals surface area (Å²) in [5, 5.41) is 4.99. The van der Waals surface area contributed by atoms with Crippen molar-refractivity contribution in [2.24, 2.45) is 0 Å². The predicted molar refractivity (Wildman–Crippen MR) is 148 cm³/mol. The summed E-state index contributed by atoms with van der Waals surface area (Å²) in [4.78, 5) is 0. The fourth-order valence-electron chi connectivity index (χ4n) is 4.36. The van der Waals surface area contributed by atoms with Crippen LogP contribution < -0.4 is 10.4 Å². The van der Waals surface area contributed by atoms with E-state index in [0.717, 1.165) is 11.0 Å². The summed E-state index contributed by atoms with van der Waals surface area (Å²) in [5.74, 6) is 0. The first-order valence-corrected chi connectivity index (χ1v) is 14.3. The molecule has 2 nitrogen and oxygen atoms in total. The highest BCUT2D eigenvalue weighted by Gasteiger charge is 2.33. The fraction of sp³-hybridized carbons (Fsp3) is 0.571. The summed E-state index contributed by atoms with van der Waals surface area (Å²) in [6, 6.07) is 9.17. The van der Waals surface area contributed by atoms with E-state index in [2.05, 4.69) is 112 Å². The van der Waals surface area contributed by atoms with Gasteiger partial charge in [-0.2, -0.15) is 0 Å². The van der Waals surface area contributed by atoms with Crippen molar-refractivity contribution in [1.29, 1.82) is 0 Å². The van der Waals surface area contributed by atoms with E-state index in [1.54, 1.807) is 7.11 Å². The van der Waals surface area contributed by atoms with Crippen molar-refractivity contribution in [1.82, 2.24) is 0 Å². The summed E-state index contributed by atoms with van der Waals surface area (Å²) in [6.45, 7) is 27.0. The van der Waals surface area contributed by atoms with Crippen molar-refractivity contribution < 1.29 is 4.52 Å². The van der Waals surface area contributed by atoms with Crippen LogP contribution in [0.3, 0.4) is 0 Å². The van der Waals surface area contributed by atoms with Gasteiger partial charge >= 0.3 is 0 Å². The van der Waals surface area contributed by atoms with Crippen molar-refractivity contribution in [3.63, 3.8) is 0 Å². The van der Waals surface area contributed by atoms with Gasteiger partial charge in [-0.1, -0.05) is 92.1 Å². The monoisotopic (exact) mass is 473 g/mol.